The lowest BCUT2D eigenvalue weighted by Gasteiger charge is -2.18. The van der Waals surface area contributed by atoms with Crippen LogP contribution in [-0.2, 0) is 17.1 Å². The van der Waals surface area contributed by atoms with Crippen LogP contribution in [0, 0.1) is 0 Å². The van der Waals surface area contributed by atoms with Crippen LogP contribution in [0.5, 0.6) is 5.75 Å². The largest absolute Gasteiger partial charge is 0.497 e. The molecule has 8 heteroatoms. The van der Waals surface area contributed by atoms with Crippen LogP contribution < -0.4 is 4.74 Å². The van der Waals surface area contributed by atoms with E-state index in [1.807, 2.05) is 48.7 Å². The molecule has 0 aliphatic heterocycles. The summed E-state index contributed by atoms with van der Waals surface area (Å²) in [6.07, 6.45) is 0. The van der Waals surface area contributed by atoms with Gasteiger partial charge in [-0.3, -0.25) is 4.79 Å². The molecule has 0 saturated heterocycles. The standard InChI is InChI=1S/C19H21N3O3S2/c1-3-22(11-17-20-19(21-25-17)16-5-4-10-27-16)18(23)13-26-12-14-6-8-15(24-2)9-7-14/h4-10H,3,11-13H2,1-2H3. The number of thioether (sulfide) groups is 1. The van der Waals surface area contributed by atoms with Crippen LogP contribution in [0.1, 0.15) is 18.4 Å². The van der Waals surface area contributed by atoms with Crippen molar-refractivity contribution in [1.82, 2.24) is 15.0 Å². The number of aromatic nitrogens is 2. The lowest BCUT2D eigenvalue weighted by atomic mass is 10.2. The topological polar surface area (TPSA) is 68.5 Å². The van der Waals surface area contributed by atoms with E-state index in [9.17, 15) is 4.79 Å². The maximum Gasteiger partial charge on any atom is 0.246 e. The molecule has 0 saturated carbocycles. The second kappa shape index (κ2) is 9.57. The Balaban J connectivity index is 1.50. The Bertz CT molecular complexity index is 847. The van der Waals surface area contributed by atoms with Gasteiger partial charge in [-0.05, 0) is 36.1 Å². The monoisotopic (exact) mass is 403 g/mol. The molecule has 0 fully saturated rings. The molecular formula is C19H21N3O3S2. The summed E-state index contributed by atoms with van der Waals surface area (Å²) < 4.78 is 10.5. The number of nitrogens with zero attached hydrogens (tertiary/aromatic N) is 3. The van der Waals surface area contributed by atoms with Crippen LogP contribution in [0.3, 0.4) is 0 Å². The van der Waals surface area contributed by atoms with Gasteiger partial charge in [0.15, 0.2) is 0 Å². The number of methoxy groups -OCH3 is 1. The van der Waals surface area contributed by atoms with Gasteiger partial charge in [0.2, 0.25) is 17.6 Å². The third-order valence-corrected chi connectivity index (χ3v) is 5.78. The van der Waals surface area contributed by atoms with Crippen LogP contribution in [0.4, 0.5) is 0 Å². The van der Waals surface area contributed by atoms with Gasteiger partial charge in [-0.15, -0.1) is 23.1 Å². The van der Waals surface area contributed by atoms with E-state index < -0.39 is 0 Å². The third kappa shape index (κ3) is 5.33. The molecule has 142 valence electrons. The Hall–Kier alpha value is -2.32. The maximum atomic E-state index is 12.5. The summed E-state index contributed by atoms with van der Waals surface area (Å²) >= 11 is 3.14. The molecule has 3 aromatic rings. The number of amides is 1. The first kappa shape index (κ1) is 19.4. The smallest absolute Gasteiger partial charge is 0.246 e. The SMILES string of the molecule is CCN(Cc1nc(-c2cccs2)no1)C(=O)CSCc1ccc(OC)cc1. The molecule has 27 heavy (non-hydrogen) atoms. The third-order valence-electron chi connectivity index (χ3n) is 3.92. The molecule has 3 rings (SSSR count). The summed E-state index contributed by atoms with van der Waals surface area (Å²) in [5.74, 6) is 3.10. The molecule has 0 unspecified atom stereocenters. The van der Waals surface area contributed by atoms with Crippen LogP contribution in [0.2, 0.25) is 0 Å². The number of rotatable bonds is 9. The average molecular weight is 404 g/mol. The Morgan fingerprint density at radius 3 is 2.78 bits per heavy atom. The minimum absolute atomic E-state index is 0.0619. The molecule has 0 aliphatic rings. The van der Waals surface area contributed by atoms with Crippen LogP contribution >= 0.6 is 23.1 Å². The number of ether oxygens (including phenoxy) is 1. The molecule has 1 aromatic carbocycles. The fourth-order valence-corrected chi connectivity index (χ4v) is 3.97. The van der Waals surface area contributed by atoms with Crippen molar-refractivity contribution in [3.05, 3.63) is 53.2 Å². The Morgan fingerprint density at radius 1 is 1.30 bits per heavy atom. The summed E-state index contributed by atoms with van der Waals surface area (Å²) in [5, 5.41) is 5.96. The molecule has 0 N–H and O–H groups in total. The molecule has 6 nitrogen and oxygen atoms in total. The van der Waals surface area contributed by atoms with Crippen LogP contribution in [0.25, 0.3) is 10.7 Å². The van der Waals surface area contributed by atoms with Gasteiger partial charge in [0.1, 0.15) is 5.75 Å². The number of thiophene rings is 1. The van der Waals surface area contributed by atoms with Gasteiger partial charge in [0, 0.05) is 12.3 Å². The van der Waals surface area contributed by atoms with Crippen LogP contribution in [0.15, 0.2) is 46.3 Å². The molecule has 0 radical (unpaired) electrons. The van der Waals surface area contributed by atoms with E-state index in [-0.39, 0.29) is 5.91 Å². The summed E-state index contributed by atoms with van der Waals surface area (Å²) in [6, 6.07) is 11.8. The van der Waals surface area contributed by atoms with E-state index in [1.54, 1.807) is 35.1 Å². The van der Waals surface area contributed by atoms with Crippen molar-refractivity contribution in [1.29, 1.82) is 0 Å². The molecular weight excluding hydrogens is 382 g/mol. The van der Waals surface area contributed by atoms with Crippen molar-refractivity contribution in [2.24, 2.45) is 0 Å². The quantitative estimate of drug-likeness (QED) is 0.536. The lowest BCUT2D eigenvalue weighted by molar-refractivity contribution is -0.129. The van der Waals surface area contributed by atoms with E-state index in [2.05, 4.69) is 10.1 Å². The molecule has 0 spiro atoms. The van der Waals surface area contributed by atoms with Crippen molar-refractivity contribution in [2.75, 3.05) is 19.4 Å². The number of hydrogen-bond acceptors (Lipinski definition) is 7. The summed E-state index contributed by atoms with van der Waals surface area (Å²) in [5.41, 5.74) is 1.16. The Kier molecular flexibility index (Phi) is 6.89. The van der Waals surface area contributed by atoms with Gasteiger partial charge in [-0.2, -0.15) is 4.98 Å². The van der Waals surface area contributed by atoms with Gasteiger partial charge in [0.05, 0.1) is 24.3 Å². The van der Waals surface area contributed by atoms with E-state index >= 15 is 0 Å². The second-order valence-corrected chi connectivity index (χ2v) is 7.67. The van der Waals surface area contributed by atoms with Gasteiger partial charge >= 0.3 is 0 Å². The maximum absolute atomic E-state index is 12.5. The lowest BCUT2D eigenvalue weighted by Crippen LogP contribution is -2.31. The van der Waals surface area contributed by atoms with Gasteiger partial charge < -0.3 is 14.2 Å². The predicted molar refractivity (Wildman–Crippen MR) is 108 cm³/mol. The van der Waals surface area contributed by atoms with Crippen molar-refractivity contribution in [3.63, 3.8) is 0 Å². The minimum Gasteiger partial charge on any atom is -0.497 e. The van der Waals surface area contributed by atoms with Crippen molar-refractivity contribution >= 4 is 29.0 Å². The van der Waals surface area contributed by atoms with Gasteiger partial charge in [-0.25, -0.2) is 0 Å². The Morgan fingerprint density at radius 2 is 2.11 bits per heavy atom. The molecule has 0 bridgehead atoms. The van der Waals surface area contributed by atoms with Crippen molar-refractivity contribution < 1.29 is 14.1 Å². The second-order valence-electron chi connectivity index (χ2n) is 5.74. The fourth-order valence-electron chi connectivity index (χ4n) is 2.43. The predicted octanol–water partition coefficient (Wildman–Crippen LogP) is 4.09. The number of carbonyl (C=O) groups excluding carboxylic acids is 1. The van der Waals surface area contributed by atoms with Gasteiger partial charge in [-0.1, -0.05) is 23.4 Å². The van der Waals surface area contributed by atoms with E-state index in [1.165, 1.54) is 0 Å². The summed E-state index contributed by atoms with van der Waals surface area (Å²) in [4.78, 5) is 19.6. The van der Waals surface area contributed by atoms with Gasteiger partial charge in [0.25, 0.3) is 0 Å². The van der Waals surface area contributed by atoms with Crippen molar-refractivity contribution in [2.45, 2.75) is 19.2 Å². The number of hydrogen-bond donors (Lipinski definition) is 0. The fraction of sp³-hybridized carbons (Fsp3) is 0.316. The van der Waals surface area contributed by atoms with E-state index in [4.69, 9.17) is 9.26 Å². The normalized spacial score (nSPS) is 10.7. The molecule has 0 atom stereocenters. The highest BCUT2D eigenvalue weighted by Gasteiger charge is 2.17. The van der Waals surface area contributed by atoms with Crippen LogP contribution in [-0.4, -0.2) is 40.4 Å². The molecule has 2 aromatic heterocycles. The number of carbonyl (C=O) groups is 1. The highest BCUT2D eigenvalue weighted by atomic mass is 32.2. The number of benzene rings is 1. The zero-order valence-corrected chi connectivity index (χ0v) is 16.9. The van der Waals surface area contributed by atoms with Crippen molar-refractivity contribution in [3.8, 4) is 16.5 Å². The summed E-state index contributed by atoms with van der Waals surface area (Å²) in [7, 11) is 1.65. The highest BCUT2D eigenvalue weighted by Crippen LogP contribution is 2.22. The first-order valence-electron chi connectivity index (χ1n) is 8.54. The zero-order chi connectivity index (χ0) is 19.1. The summed E-state index contributed by atoms with van der Waals surface area (Å²) in [6.45, 7) is 2.87. The average Bonchev–Trinajstić information content (AvgIpc) is 3.38. The van der Waals surface area contributed by atoms with E-state index in [0.717, 1.165) is 21.9 Å². The van der Waals surface area contributed by atoms with E-state index in [0.29, 0.717) is 30.6 Å². The Labute approximate surface area is 166 Å². The molecule has 0 aliphatic carbocycles. The minimum atomic E-state index is 0.0619. The highest BCUT2D eigenvalue weighted by molar-refractivity contribution is 7.99. The first-order chi connectivity index (χ1) is 13.2. The zero-order valence-electron chi connectivity index (χ0n) is 15.3. The molecule has 1 amide bonds. The molecule has 2 heterocycles. The first-order valence-corrected chi connectivity index (χ1v) is 10.6.